The zero-order valence-electron chi connectivity index (χ0n) is 14.7. The Morgan fingerprint density at radius 3 is 2.56 bits per heavy atom. The number of nitrogens with zero attached hydrogens (tertiary/aromatic N) is 1. The van der Waals surface area contributed by atoms with E-state index in [1.165, 1.54) is 6.07 Å². The van der Waals surface area contributed by atoms with Gasteiger partial charge < -0.3 is 4.74 Å². The minimum Gasteiger partial charge on any atom is -0.488 e. The Morgan fingerprint density at radius 2 is 1.85 bits per heavy atom. The maximum atomic E-state index is 13.8. The van der Waals surface area contributed by atoms with E-state index in [1.54, 1.807) is 30.3 Å². The smallest absolute Gasteiger partial charge is 0.129 e. The Bertz CT molecular complexity index is 1020. The fourth-order valence-electron chi connectivity index (χ4n) is 2.60. The van der Waals surface area contributed by atoms with Crippen molar-refractivity contribution < 1.29 is 9.13 Å². The molecular formula is C23H17BrFNO. The van der Waals surface area contributed by atoms with Crippen LogP contribution in [0, 0.1) is 24.1 Å². The highest BCUT2D eigenvalue weighted by molar-refractivity contribution is 9.10. The number of ether oxygens (including phenoxy) is 1. The summed E-state index contributed by atoms with van der Waals surface area (Å²) in [6, 6.07) is 22.1. The molecule has 0 amide bonds. The quantitative estimate of drug-likeness (QED) is 0.346. The number of aryl methyl sites for hydroxylation is 1. The van der Waals surface area contributed by atoms with E-state index in [9.17, 15) is 9.65 Å². The van der Waals surface area contributed by atoms with Crippen LogP contribution in [0.5, 0.6) is 5.75 Å². The van der Waals surface area contributed by atoms with Crippen molar-refractivity contribution in [2.75, 3.05) is 0 Å². The Balaban J connectivity index is 1.92. The molecule has 3 aromatic carbocycles. The zero-order chi connectivity index (χ0) is 19.2. The van der Waals surface area contributed by atoms with Crippen molar-refractivity contribution in [2.24, 2.45) is 0 Å². The number of hydrogen-bond acceptors (Lipinski definition) is 2. The number of nitriles is 1. The first-order valence-electron chi connectivity index (χ1n) is 8.41. The summed E-state index contributed by atoms with van der Waals surface area (Å²) in [5, 5.41) is 9.59. The van der Waals surface area contributed by atoms with Crippen LogP contribution in [0.15, 0.2) is 71.2 Å². The van der Waals surface area contributed by atoms with Gasteiger partial charge in [0.1, 0.15) is 18.2 Å². The average molecular weight is 422 g/mol. The lowest BCUT2D eigenvalue weighted by atomic mass is 10.0. The third kappa shape index (κ3) is 4.84. The first-order chi connectivity index (χ1) is 13.1. The minimum atomic E-state index is -0.302. The van der Waals surface area contributed by atoms with Gasteiger partial charge in [0.05, 0.1) is 11.6 Å². The molecule has 0 radical (unpaired) electrons. The number of rotatable bonds is 5. The molecule has 0 aliphatic carbocycles. The lowest BCUT2D eigenvalue weighted by molar-refractivity contribution is 0.299. The van der Waals surface area contributed by atoms with Crippen LogP contribution in [-0.4, -0.2) is 0 Å². The zero-order valence-corrected chi connectivity index (χ0v) is 16.3. The van der Waals surface area contributed by atoms with Gasteiger partial charge in [0, 0.05) is 15.6 Å². The molecule has 0 bridgehead atoms. The standard InChI is InChI=1S/C23H17BrFNO/c1-16-6-8-17(9-7-16)20(14-26)12-19-13-21(24)10-11-23(19)27-15-18-4-2-3-5-22(18)25/h2-13H,15H2,1H3/b20-12+. The van der Waals surface area contributed by atoms with Crippen LogP contribution in [0.1, 0.15) is 22.3 Å². The summed E-state index contributed by atoms with van der Waals surface area (Å²) < 4.78 is 20.5. The Morgan fingerprint density at radius 1 is 1.11 bits per heavy atom. The molecule has 0 fully saturated rings. The van der Waals surface area contributed by atoms with Crippen LogP contribution in [0.4, 0.5) is 4.39 Å². The van der Waals surface area contributed by atoms with E-state index in [4.69, 9.17) is 4.74 Å². The van der Waals surface area contributed by atoms with Gasteiger partial charge in [0.15, 0.2) is 0 Å². The van der Waals surface area contributed by atoms with Gasteiger partial charge in [-0.05, 0) is 42.8 Å². The molecule has 0 spiro atoms. The van der Waals surface area contributed by atoms with Gasteiger partial charge in [-0.1, -0.05) is 64.0 Å². The van der Waals surface area contributed by atoms with E-state index in [0.717, 1.165) is 21.2 Å². The third-order valence-electron chi connectivity index (χ3n) is 4.10. The predicted octanol–water partition coefficient (Wildman–Crippen LogP) is 6.54. The summed E-state index contributed by atoms with van der Waals surface area (Å²) in [6.07, 6.45) is 1.78. The van der Waals surface area contributed by atoms with E-state index in [-0.39, 0.29) is 12.4 Å². The van der Waals surface area contributed by atoms with Crippen LogP contribution in [0.25, 0.3) is 11.6 Å². The van der Waals surface area contributed by atoms with Gasteiger partial charge in [0.2, 0.25) is 0 Å². The van der Waals surface area contributed by atoms with Gasteiger partial charge >= 0.3 is 0 Å². The maximum Gasteiger partial charge on any atom is 0.129 e. The fourth-order valence-corrected chi connectivity index (χ4v) is 2.98. The first kappa shape index (κ1) is 18.9. The van der Waals surface area contributed by atoms with Crippen molar-refractivity contribution in [2.45, 2.75) is 13.5 Å². The summed E-state index contributed by atoms with van der Waals surface area (Å²) in [6.45, 7) is 2.12. The normalized spacial score (nSPS) is 11.1. The second-order valence-electron chi connectivity index (χ2n) is 6.10. The summed E-state index contributed by atoms with van der Waals surface area (Å²) in [4.78, 5) is 0. The van der Waals surface area contributed by atoms with E-state index in [0.29, 0.717) is 16.9 Å². The van der Waals surface area contributed by atoms with Gasteiger partial charge in [-0.3, -0.25) is 0 Å². The van der Waals surface area contributed by atoms with Crippen molar-refractivity contribution in [3.63, 3.8) is 0 Å². The number of halogens is 2. The lowest BCUT2D eigenvalue weighted by Crippen LogP contribution is -1.99. The van der Waals surface area contributed by atoms with Crippen molar-refractivity contribution in [1.82, 2.24) is 0 Å². The van der Waals surface area contributed by atoms with Crippen molar-refractivity contribution in [3.8, 4) is 11.8 Å². The molecular weight excluding hydrogens is 405 g/mol. The van der Waals surface area contributed by atoms with Crippen molar-refractivity contribution in [1.29, 1.82) is 5.26 Å². The average Bonchev–Trinajstić information content (AvgIpc) is 2.67. The molecule has 0 aliphatic rings. The van der Waals surface area contributed by atoms with Crippen LogP contribution >= 0.6 is 15.9 Å². The van der Waals surface area contributed by atoms with Gasteiger partial charge in [0.25, 0.3) is 0 Å². The molecule has 2 nitrogen and oxygen atoms in total. The molecule has 4 heteroatoms. The second kappa shape index (κ2) is 8.66. The molecule has 0 heterocycles. The van der Waals surface area contributed by atoms with Crippen LogP contribution in [0.3, 0.4) is 0 Å². The number of hydrogen-bond donors (Lipinski definition) is 0. The van der Waals surface area contributed by atoms with Crippen LogP contribution in [0.2, 0.25) is 0 Å². The van der Waals surface area contributed by atoms with E-state index >= 15 is 0 Å². The predicted molar refractivity (Wildman–Crippen MR) is 110 cm³/mol. The largest absolute Gasteiger partial charge is 0.488 e. The van der Waals surface area contributed by atoms with Gasteiger partial charge in [-0.15, -0.1) is 0 Å². The molecule has 3 rings (SSSR count). The topological polar surface area (TPSA) is 33.0 Å². The van der Waals surface area contributed by atoms with Crippen molar-refractivity contribution >= 4 is 27.6 Å². The molecule has 0 unspecified atom stereocenters. The molecule has 3 aromatic rings. The minimum absolute atomic E-state index is 0.113. The fraction of sp³-hybridized carbons (Fsp3) is 0.0870. The summed E-state index contributed by atoms with van der Waals surface area (Å²) in [7, 11) is 0. The Hall–Kier alpha value is -2.90. The number of benzene rings is 3. The molecule has 0 aliphatic heterocycles. The molecule has 0 N–H and O–H groups in total. The van der Waals surface area contributed by atoms with Crippen LogP contribution in [-0.2, 0) is 6.61 Å². The van der Waals surface area contributed by atoms with Crippen molar-refractivity contribution in [3.05, 3.63) is 99.3 Å². The second-order valence-corrected chi connectivity index (χ2v) is 7.01. The first-order valence-corrected chi connectivity index (χ1v) is 9.21. The SMILES string of the molecule is Cc1ccc(/C(C#N)=C/c2cc(Br)ccc2OCc2ccccc2F)cc1. The summed E-state index contributed by atoms with van der Waals surface area (Å²) in [5.74, 6) is 0.283. The highest BCUT2D eigenvalue weighted by Crippen LogP contribution is 2.29. The summed E-state index contributed by atoms with van der Waals surface area (Å²) in [5.41, 5.74) is 3.73. The highest BCUT2D eigenvalue weighted by atomic mass is 79.9. The van der Waals surface area contributed by atoms with Crippen LogP contribution < -0.4 is 4.74 Å². The molecule has 0 aromatic heterocycles. The maximum absolute atomic E-state index is 13.8. The van der Waals surface area contributed by atoms with E-state index in [2.05, 4.69) is 22.0 Å². The molecule has 134 valence electrons. The highest BCUT2D eigenvalue weighted by Gasteiger charge is 2.08. The Kier molecular flexibility index (Phi) is 6.05. The van der Waals surface area contributed by atoms with E-state index in [1.807, 2.05) is 43.3 Å². The molecule has 0 atom stereocenters. The van der Waals surface area contributed by atoms with Gasteiger partial charge in [-0.25, -0.2) is 4.39 Å². The molecule has 0 saturated heterocycles. The van der Waals surface area contributed by atoms with Gasteiger partial charge in [-0.2, -0.15) is 5.26 Å². The molecule has 27 heavy (non-hydrogen) atoms. The monoisotopic (exact) mass is 421 g/mol. The summed E-state index contributed by atoms with van der Waals surface area (Å²) >= 11 is 3.45. The third-order valence-corrected chi connectivity index (χ3v) is 4.59. The number of allylic oxidation sites excluding steroid dienone is 1. The van der Waals surface area contributed by atoms with E-state index < -0.39 is 0 Å². The Labute approximate surface area is 166 Å². The lowest BCUT2D eigenvalue weighted by Gasteiger charge is -2.11. The molecule has 0 saturated carbocycles.